The number of nitrogens with one attached hydrogen (secondary N) is 1. The number of halogens is 1. The molecule has 0 aromatic heterocycles. The van der Waals surface area contributed by atoms with E-state index >= 15 is 0 Å². The van der Waals surface area contributed by atoms with E-state index < -0.39 is 0 Å². The van der Waals surface area contributed by atoms with Gasteiger partial charge in [-0.3, -0.25) is 0 Å². The molecule has 0 bridgehead atoms. The normalized spacial score (nSPS) is 11.9. The Hall–Kier alpha value is -1.91. The maximum absolute atomic E-state index is 6.11. The molecular formula is C19H24ClNO3. The van der Waals surface area contributed by atoms with E-state index in [9.17, 15) is 0 Å². The van der Waals surface area contributed by atoms with E-state index in [0.717, 1.165) is 17.0 Å². The minimum Gasteiger partial charge on any atom is -0.493 e. The maximum Gasteiger partial charge on any atom is 0.203 e. The Morgan fingerprint density at radius 3 is 2.33 bits per heavy atom. The van der Waals surface area contributed by atoms with E-state index in [2.05, 4.69) is 18.3 Å². The summed E-state index contributed by atoms with van der Waals surface area (Å²) in [5.74, 6) is 1.94. The summed E-state index contributed by atoms with van der Waals surface area (Å²) in [6.45, 7) is 2.79. The number of hydrogen-bond donors (Lipinski definition) is 1. The summed E-state index contributed by atoms with van der Waals surface area (Å²) >= 11 is 6.11. The fraction of sp³-hybridized carbons (Fsp3) is 0.368. The van der Waals surface area contributed by atoms with Gasteiger partial charge in [-0.2, -0.15) is 0 Å². The Morgan fingerprint density at radius 2 is 1.75 bits per heavy atom. The predicted molar refractivity (Wildman–Crippen MR) is 97.4 cm³/mol. The third-order valence-corrected chi connectivity index (χ3v) is 4.22. The van der Waals surface area contributed by atoms with Crippen LogP contribution in [0.4, 0.5) is 0 Å². The van der Waals surface area contributed by atoms with E-state index in [1.807, 2.05) is 30.3 Å². The van der Waals surface area contributed by atoms with Crippen molar-refractivity contribution < 1.29 is 14.2 Å². The molecule has 1 atom stereocenters. The van der Waals surface area contributed by atoms with E-state index in [4.69, 9.17) is 25.8 Å². The Balaban J connectivity index is 2.21. The molecule has 0 heterocycles. The molecule has 0 radical (unpaired) electrons. The highest BCUT2D eigenvalue weighted by atomic mass is 35.5. The molecule has 0 saturated heterocycles. The van der Waals surface area contributed by atoms with Crippen molar-refractivity contribution in [1.82, 2.24) is 5.32 Å². The van der Waals surface area contributed by atoms with Gasteiger partial charge in [0, 0.05) is 23.2 Å². The fourth-order valence-electron chi connectivity index (χ4n) is 2.76. The van der Waals surface area contributed by atoms with Gasteiger partial charge in [0.25, 0.3) is 0 Å². The molecule has 0 saturated carbocycles. The number of hydrogen-bond acceptors (Lipinski definition) is 4. The van der Waals surface area contributed by atoms with Crippen LogP contribution in [0.5, 0.6) is 17.2 Å². The molecule has 0 aliphatic rings. The summed E-state index contributed by atoms with van der Waals surface area (Å²) in [7, 11) is 4.86. The lowest BCUT2D eigenvalue weighted by molar-refractivity contribution is 0.321. The van der Waals surface area contributed by atoms with E-state index in [1.165, 1.54) is 5.56 Å². The smallest absolute Gasteiger partial charge is 0.203 e. The third-order valence-electron chi connectivity index (χ3n) is 3.98. The van der Waals surface area contributed by atoms with Crippen LogP contribution in [0.2, 0.25) is 5.02 Å². The zero-order chi connectivity index (χ0) is 17.5. The lowest BCUT2D eigenvalue weighted by Gasteiger charge is -2.20. The Bertz CT molecular complexity index is 676. The Morgan fingerprint density at radius 1 is 1.00 bits per heavy atom. The van der Waals surface area contributed by atoms with Crippen LogP contribution in [0, 0.1) is 0 Å². The average molecular weight is 350 g/mol. The minimum absolute atomic E-state index is 0.210. The fourth-order valence-corrected chi connectivity index (χ4v) is 2.96. The topological polar surface area (TPSA) is 39.7 Å². The second-order valence-corrected chi connectivity index (χ2v) is 5.83. The summed E-state index contributed by atoms with van der Waals surface area (Å²) in [4.78, 5) is 0. The first-order valence-corrected chi connectivity index (χ1v) is 8.29. The molecule has 130 valence electrons. The third kappa shape index (κ3) is 4.13. The first-order chi connectivity index (χ1) is 11.6. The molecule has 0 amide bonds. The molecule has 4 nitrogen and oxygen atoms in total. The van der Waals surface area contributed by atoms with Crippen LogP contribution in [-0.2, 0) is 6.54 Å². The van der Waals surface area contributed by atoms with Crippen LogP contribution in [0.3, 0.4) is 0 Å². The van der Waals surface area contributed by atoms with Crippen LogP contribution in [0.15, 0.2) is 36.4 Å². The number of rotatable bonds is 8. The van der Waals surface area contributed by atoms with Gasteiger partial charge in [-0.1, -0.05) is 36.7 Å². The molecule has 0 aliphatic carbocycles. The Labute approximate surface area is 148 Å². The summed E-state index contributed by atoms with van der Waals surface area (Å²) < 4.78 is 16.3. The average Bonchev–Trinajstić information content (AvgIpc) is 2.61. The summed E-state index contributed by atoms with van der Waals surface area (Å²) in [5, 5.41) is 4.30. The SMILES string of the molecule is CCC(NCc1ccc(OC)c(OC)c1OC)c1cccc(Cl)c1. The minimum atomic E-state index is 0.210. The van der Waals surface area contributed by atoms with Crippen molar-refractivity contribution >= 4 is 11.6 Å². The summed E-state index contributed by atoms with van der Waals surface area (Å²) in [6, 6.07) is 12.0. The highest BCUT2D eigenvalue weighted by Crippen LogP contribution is 2.39. The molecule has 0 spiro atoms. The molecule has 0 aliphatic heterocycles. The van der Waals surface area contributed by atoms with Gasteiger partial charge in [0.1, 0.15) is 0 Å². The molecule has 0 fully saturated rings. The molecule has 5 heteroatoms. The first-order valence-electron chi connectivity index (χ1n) is 7.91. The van der Waals surface area contributed by atoms with Gasteiger partial charge in [0.15, 0.2) is 11.5 Å². The van der Waals surface area contributed by atoms with Crippen LogP contribution in [-0.4, -0.2) is 21.3 Å². The lowest BCUT2D eigenvalue weighted by atomic mass is 10.0. The first kappa shape index (κ1) is 18.4. The highest BCUT2D eigenvalue weighted by Gasteiger charge is 2.17. The predicted octanol–water partition coefficient (Wildman–Crippen LogP) is 4.61. The van der Waals surface area contributed by atoms with Gasteiger partial charge < -0.3 is 19.5 Å². The molecule has 1 N–H and O–H groups in total. The monoisotopic (exact) mass is 349 g/mol. The van der Waals surface area contributed by atoms with Gasteiger partial charge in [0.2, 0.25) is 5.75 Å². The largest absolute Gasteiger partial charge is 0.493 e. The van der Waals surface area contributed by atoms with Crippen molar-refractivity contribution in [3.63, 3.8) is 0 Å². The maximum atomic E-state index is 6.11. The zero-order valence-electron chi connectivity index (χ0n) is 14.6. The van der Waals surface area contributed by atoms with Crippen molar-refractivity contribution in [2.75, 3.05) is 21.3 Å². The van der Waals surface area contributed by atoms with Crippen LogP contribution < -0.4 is 19.5 Å². The number of benzene rings is 2. The van der Waals surface area contributed by atoms with Crippen molar-refractivity contribution in [1.29, 1.82) is 0 Å². The van der Waals surface area contributed by atoms with E-state index in [0.29, 0.717) is 23.8 Å². The molecule has 1 unspecified atom stereocenters. The van der Waals surface area contributed by atoms with Crippen molar-refractivity contribution in [3.05, 3.63) is 52.5 Å². The summed E-state index contributed by atoms with van der Waals surface area (Å²) in [5.41, 5.74) is 2.18. The quantitative estimate of drug-likeness (QED) is 0.755. The highest BCUT2D eigenvalue weighted by molar-refractivity contribution is 6.30. The molecule has 2 rings (SSSR count). The van der Waals surface area contributed by atoms with Gasteiger partial charge >= 0.3 is 0 Å². The van der Waals surface area contributed by atoms with Crippen molar-refractivity contribution in [3.8, 4) is 17.2 Å². The molecule has 24 heavy (non-hydrogen) atoms. The Kier molecular flexibility index (Phi) is 6.76. The van der Waals surface area contributed by atoms with Crippen LogP contribution in [0.1, 0.15) is 30.5 Å². The lowest BCUT2D eigenvalue weighted by Crippen LogP contribution is -2.20. The van der Waals surface area contributed by atoms with E-state index in [-0.39, 0.29) is 6.04 Å². The second kappa shape index (κ2) is 8.81. The standard InChI is InChI=1S/C19H24ClNO3/c1-5-16(13-7-6-8-15(20)11-13)21-12-14-9-10-17(22-2)19(24-4)18(14)23-3/h6-11,16,21H,5,12H2,1-4H3. The van der Waals surface area contributed by atoms with Gasteiger partial charge in [-0.15, -0.1) is 0 Å². The van der Waals surface area contributed by atoms with Crippen molar-refractivity contribution in [2.45, 2.75) is 25.9 Å². The van der Waals surface area contributed by atoms with Crippen LogP contribution in [0.25, 0.3) is 0 Å². The zero-order valence-corrected chi connectivity index (χ0v) is 15.3. The molecule has 2 aromatic rings. The van der Waals surface area contributed by atoms with E-state index in [1.54, 1.807) is 21.3 Å². The van der Waals surface area contributed by atoms with Crippen LogP contribution >= 0.6 is 11.6 Å². The molecule has 2 aromatic carbocycles. The van der Waals surface area contributed by atoms with Gasteiger partial charge in [0.05, 0.1) is 21.3 Å². The second-order valence-electron chi connectivity index (χ2n) is 5.39. The van der Waals surface area contributed by atoms with Gasteiger partial charge in [-0.25, -0.2) is 0 Å². The molecular weight excluding hydrogens is 326 g/mol. The number of methoxy groups -OCH3 is 3. The van der Waals surface area contributed by atoms with Gasteiger partial charge in [-0.05, 0) is 30.2 Å². The van der Waals surface area contributed by atoms with Crippen molar-refractivity contribution in [2.24, 2.45) is 0 Å². The number of ether oxygens (including phenoxy) is 3. The summed E-state index contributed by atoms with van der Waals surface area (Å²) in [6.07, 6.45) is 0.954.